The number of fused-ring (bicyclic) bond motifs is 3. The molecule has 122 valence electrons. The largest absolute Gasteiger partial charge is 0.356 e. The third-order valence-electron chi connectivity index (χ3n) is 4.44. The van der Waals surface area contributed by atoms with E-state index in [4.69, 9.17) is 0 Å². The summed E-state index contributed by atoms with van der Waals surface area (Å²) in [7, 11) is 0. The molecule has 6 nitrogen and oxygen atoms in total. The summed E-state index contributed by atoms with van der Waals surface area (Å²) in [6, 6.07) is 16.5. The van der Waals surface area contributed by atoms with Gasteiger partial charge >= 0.3 is 6.03 Å². The number of hydrogen-bond donors (Lipinski definition) is 3. The smallest absolute Gasteiger partial charge is 0.319 e. The van der Waals surface area contributed by atoms with Crippen LogP contribution in [-0.2, 0) is 4.79 Å². The number of rotatable bonds is 2. The lowest BCUT2D eigenvalue weighted by Crippen LogP contribution is -2.44. The maximum Gasteiger partial charge on any atom is 0.319 e. The van der Waals surface area contributed by atoms with Gasteiger partial charge in [-0.25, -0.2) is 4.79 Å². The first kappa shape index (κ1) is 14.6. The molecule has 1 fully saturated rings. The molecule has 0 spiro atoms. The molecule has 0 radical (unpaired) electrons. The monoisotopic (exact) mass is 322 g/mol. The van der Waals surface area contributed by atoms with Gasteiger partial charge in [-0.2, -0.15) is 0 Å². The molecule has 6 heteroatoms. The van der Waals surface area contributed by atoms with Crippen LogP contribution in [0.1, 0.15) is 6.42 Å². The molecule has 1 saturated heterocycles. The van der Waals surface area contributed by atoms with E-state index in [0.29, 0.717) is 13.0 Å². The molecule has 2 atom stereocenters. The van der Waals surface area contributed by atoms with Crippen molar-refractivity contribution in [2.24, 2.45) is 0 Å². The molecule has 3 amide bonds. The Kier molecular flexibility index (Phi) is 3.57. The summed E-state index contributed by atoms with van der Waals surface area (Å²) in [6.45, 7) is 0.622. The van der Waals surface area contributed by atoms with Gasteiger partial charge in [-0.1, -0.05) is 30.3 Å². The van der Waals surface area contributed by atoms with Crippen molar-refractivity contribution in [3.63, 3.8) is 0 Å². The van der Waals surface area contributed by atoms with Gasteiger partial charge in [-0.05, 0) is 30.7 Å². The molecule has 2 heterocycles. The van der Waals surface area contributed by atoms with E-state index >= 15 is 0 Å². The Hall–Kier alpha value is -3.02. The number of hydrogen-bond acceptors (Lipinski definition) is 3. The highest BCUT2D eigenvalue weighted by Crippen LogP contribution is 2.36. The second-order valence-electron chi connectivity index (χ2n) is 6.07. The van der Waals surface area contributed by atoms with Crippen molar-refractivity contribution in [3.05, 3.63) is 54.6 Å². The molecule has 2 aliphatic heterocycles. The number of nitrogens with zero attached hydrogens (tertiary/aromatic N) is 1. The zero-order chi connectivity index (χ0) is 16.5. The lowest BCUT2D eigenvalue weighted by atomic mass is 10.1. The lowest BCUT2D eigenvalue weighted by Gasteiger charge is -2.32. The Bertz CT molecular complexity index is 778. The second-order valence-corrected chi connectivity index (χ2v) is 6.07. The van der Waals surface area contributed by atoms with Crippen LogP contribution in [0.5, 0.6) is 0 Å². The lowest BCUT2D eigenvalue weighted by molar-refractivity contribution is -0.117. The summed E-state index contributed by atoms with van der Waals surface area (Å²) in [4.78, 5) is 26.5. The predicted molar refractivity (Wildman–Crippen MR) is 93.2 cm³/mol. The van der Waals surface area contributed by atoms with Crippen molar-refractivity contribution in [1.29, 1.82) is 0 Å². The Morgan fingerprint density at radius 3 is 2.67 bits per heavy atom. The molecule has 2 aliphatic rings. The number of para-hydroxylation sites is 3. The number of nitrogens with one attached hydrogen (secondary N) is 3. The Labute approximate surface area is 139 Å². The first-order chi connectivity index (χ1) is 11.7. The Morgan fingerprint density at radius 1 is 1.08 bits per heavy atom. The molecule has 0 bridgehead atoms. The molecule has 4 rings (SSSR count). The zero-order valence-electron chi connectivity index (χ0n) is 13.0. The number of carbonyl (C=O) groups is 2. The van der Waals surface area contributed by atoms with Crippen LogP contribution in [0.15, 0.2) is 54.6 Å². The molecule has 0 saturated carbocycles. The minimum Gasteiger partial charge on any atom is -0.356 e. The van der Waals surface area contributed by atoms with E-state index < -0.39 is 0 Å². The maximum atomic E-state index is 12.3. The fraction of sp³-hybridized carbons (Fsp3) is 0.222. The molecule has 0 aliphatic carbocycles. The summed E-state index contributed by atoms with van der Waals surface area (Å²) in [5, 5.41) is 8.71. The molecule has 3 N–H and O–H groups in total. The average molecular weight is 322 g/mol. The van der Waals surface area contributed by atoms with Gasteiger partial charge in [0.1, 0.15) is 6.04 Å². The van der Waals surface area contributed by atoms with Crippen LogP contribution in [0.4, 0.5) is 21.9 Å². The van der Waals surface area contributed by atoms with E-state index in [0.717, 1.165) is 17.1 Å². The average Bonchev–Trinajstić information content (AvgIpc) is 3.00. The van der Waals surface area contributed by atoms with Crippen molar-refractivity contribution in [3.8, 4) is 0 Å². The molecule has 2 aromatic carbocycles. The molecule has 2 unspecified atom stereocenters. The fourth-order valence-electron chi connectivity index (χ4n) is 3.38. The van der Waals surface area contributed by atoms with Gasteiger partial charge in [-0.3, -0.25) is 4.79 Å². The topological polar surface area (TPSA) is 73.5 Å². The molecular formula is C18H18N4O2. The summed E-state index contributed by atoms with van der Waals surface area (Å²) >= 11 is 0. The zero-order valence-corrected chi connectivity index (χ0v) is 13.0. The predicted octanol–water partition coefficient (Wildman–Crippen LogP) is 2.41. The van der Waals surface area contributed by atoms with Crippen LogP contribution in [-0.4, -0.2) is 30.6 Å². The van der Waals surface area contributed by atoms with Crippen molar-refractivity contribution in [2.45, 2.75) is 18.5 Å². The van der Waals surface area contributed by atoms with Crippen molar-refractivity contribution in [1.82, 2.24) is 5.32 Å². The van der Waals surface area contributed by atoms with E-state index in [2.05, 4.69) is 20.9 Å². The second kappa shape index (κ2) is 5.88. The molecular weight excluding hydrogens is 304 g/mol. The van der Waals surface area contributed by atoms with Crippen LogP contribution in [0, 0.1) is 0 Å². The molecule has 0 aromatic heterocycles. The van der Waals surface area contributed by atoms with Gasteiger partial charge in [0.15, 0.2) is 0 Å². The minimum absolute atomic E-state index is 0.0125. The first-order valence-electron chi connectivity index (χ1n) is 8.00. The normalized spacial score (nSPS) is 21.5. The van der Waals surface area contributed by atoms with Crippen LogP contribution in [0.3, 0.4) is 0 Å². The minimum atomic E-state index is -0.250. The fourth-order valence-corrected chi connectivity index (χ4v) is 3.38. The van der Waals surface area contributed by atoms with Gasteiger partial charge in [0, 0.05) is 12.2 Å². The third kappa shape index (κ3) is 2.67. The van der Waals surface area contributed by atoms with E-state index in [1.165, 1.54) is 0 Å². The van der Waals surface area contributed by atoms with E-state index in [1.807, 2.05) is 54.6 Å². The number of anilines is 3. The number of carbonyl (C=O) groups excluding carboxylic acids is 2. The van der Waals surface area contributed by atoms with Crippen molar-refractivity contribution in [2.75, 3.05) is 22.1 Å². The van der Waals surface area contributed by atoms with E-state index in [9.17, 15) is 9.59 Å². The summed E-state index contributed by atoms with van der Waals surface area (Å²) in [5.74, 6) is -0.0125. The first-order valence-corrected chi connectivity index (χ1v) is 8.00. The van der Waals surface area contributed by atoms with Crippen LogP contribution < -0.4 is 20.9 Å². The van der Waals surface area contributed by atoms with Gasteiger partial charge in [0.25, 0.3) is 0 Å². The van der Waals surface area contributed by atoms with Gasteiger partial charge in [0.05, 0.1) is 17.4 Å². The highest BCUT2D eigenvalue weighted by atomic mass is 16.2. The van der Waals surface area contributed by atoms with E-state index in [-0.39, 0.29) is 24.0 Å². The Balaban J connectivity index is 1.45. The van der Waals surface area contributed by atoms with Crippen LogP contribution in [0.25, 0.3) is 0 Å². The van der Waals surface area contributed by atoms with Gasteiger partial charge < -0.3 is 20.9 Å². The van der Waals surface area contributed by atoms with Crippen molar-refractivity contribution < 1.29 is 9.59 Å². The number of benzene rings is 2. The quantitative estimate of drug-likeness (QED) is 0.795. The van der Waals surface area contributed by atoms with Crippen molar-refractivity contribution >= 4 is 29.0 Å². The Morgan fingerprint density at radius 2 is 1.83 bits per heavy atom. The van der Waals surface area contributed by atoms with Crippen LogP contribution >= 0.6 is 0 Å². The molecule has 2 aromatic rings. The summed E-state index contributed by atoms with van der Waals surface area (Å²) < 4.78 is 0. The van der Waals surface area contributed by atoms with Gasteiger partial charge in [0.2, 0.25) is 5.91 Å². The molecule has 24 heavy (non-hydrogen) atoms. The highest BCUT2D eigenvalue weighted by Gasteiger charge is 2.41. The highest BCUT2D eigenvalue weighted by molar-refractivity contribution is 6.04. The van der Waals surface area contributed by atoms with Crippen LogP contribution in [0.2, 0.25) is 0 Å². The SMILES string of the molecule is O=C(Nc1ccccc1)NC1CC2C(=O)Nc3ccccc3N2C1. The van der Waals surface area contributed by atoms with E-state index in [1.54, 1.807) is 0 Å². The van der Waals surface area contributed by atoms with Gasteiger partial charge in [-0.15, -0.1) is 0 Å². The summed E-state index contributed by atoms with van der Waals surface area (Å²) in [5.41, 5.74) is 2.58. The number of urea groups is 1. The third-order valence-corrected chi connectivity index (χ3v) is 4.44. The maximum absolute atomic E-state index is 12.3. The number of amides is 3. The summed E-state index contributed by atoms with van der Waals surface area (Å²) in [6.07, 6.45) is 0.600. The standard InChI is InChI=1S/C18H18N4O2/c23-17-16-10-13(20-18(24)19-12-6-2-1-3-7-12)11-22(16)15-9-5-4-8-14(15)21-17/h1-9,13,16H,10-11H2,(H,21,23)(H2,19,20,24).